The molecule has 4 rings (SSSR count). The first-order valence-electron chi connectivity index (χ1n) is 9.46. The van der Waals surface area contributed by atoms with Crippen molar-refractivity contribution in [3.8, 4) is 11.5 Å². The molecule has 0 saturated heterocycles. The van der Waals surface area contributed by atoms with Crippen LogP contribution in [-0.4, -0.2) is 30.7 Å². The zero-order valence-corrected chi connectivity index (χ0v) is 18.1. The van der Waals surface area contributed by atoms with Crippen LogP contribution in [0.15, 0.2) is 71.2 Å². The number of hydrogen-bond acceptors (Lipinski definition) is 5. The predicted molar refractivity (Wildman–Crippen MR) is 120 cm³/mol. The smallest absolute Gasteiger partial charge is 0.341 e. The minimum Gasteiger partial charge on any atom is -0.493 e. The maximum Gasteiger partial charge on any atom is 0.341 e. The number of amides is 1. The van der Waals surface area contributed by atoms with E-state index in [9.17, 15) is 9.59 Å². The van der Waals surface area contributed by atoms with Crippen molar-refractivity contribution >= 4 is 39.2 Å². The highest BCUT2D eigenvalue weighted by atomic mass is 79.9. The maximum atomic E-state index is 13.5. The van der Waals surface area contributed by atoms with E-state index in [-0.39, 0.29) is 11.7 Å². The molecule has 1 atom stereocenters. The number of carboxylic acids is 1. The molecule has 0 unspecified atom stereocenters. The van der Waals surface area contributed by atoms with Crippen LogP contribution in [0.1, 0.15) is 22.1 Å². The lowest BCUT2D eigenvalue weighted by Gasteiger charge is -2.38. The zero-order chi connectivity index (χ0) is 22.0. The minimum atomic E-state index is -1.09. The average Bonchev–Trinajstić information content (AvgIpc) is 2.78. The summed E-state index contributed by atoms with van der Waals surface area (Å²) in [6.45, 7) is -0.494. The Bertz CT molecular complexity index is 1140. The van der Waals surface area contributed by atoms with Crippen molar-refractivity contribution in [1.82, 2.24) is 0 Å². The number of carbonyl (C=O) groups excluding carboxylic acids is 1. The molecule has 2 N–H and O–H groups in total. The number of methoxy groups -OCH3 is 1. The monoisotopic (exact) mass is 482 g/mol. The number of hydrogen-bond donors (Lipinski definition) is 2. The number of benzene rings is 3. The number of fused-ring (bicyclic) bond motifs is 1. The van der Waals surface area contributed by atoms with Crippen LogP contribution in [0.3, 0.4) is 0 Å². The standard InChI is InChI=1S/C23H19BrN2O5/c1-30-19-11-16(17(24)12-20(19)31-13-21(27)28)22-25-18-10-6-5-9-15(18)23(29)26(22)14-7-3-2-4-8-14/h2-12,22,25H,13H2,1H3,(H,27,28)/t22-/m0/s1. The molecule has 31 heavy (non-hydrogen) atoms. The Hall–Kier alpha value is -3.52. The third-order valence-electron chi connectivity index (χ3n) is 4.89. The molecule has 158 valence electrons. The molecule has 3 aromatic carbocycles. The van der Waals surface area contributed by atoms with Gasteiger partial charge in [0.25, 0.3) is 5.91 Å². The van der Waals surface area contributed by atoms with Crippen molar-refractivity contribution in [2.45, 2.75) is 6.17 Å². The number of halogens is 1. The number of rotatable bonds is 6. The molecular formula is C23H19BrN2O5. The van der Waals surface area contributed by atoms with Gasteiger partial charge in [-0.1, -0.05) is 46.3 Å². The van der Waals surface area contributed by atoms with E-state index in [1.807, 2.05) is 48.5 Å². The van der Waals surface area contributed by atoms with E-state index in [1.165, 1.54) is 7.11 Å². The zero-order valence-electron chi connectivity index (χ0n) is 16.5. The molecule has 8 heteroatoms. The molecule has 0 bridgehead atoms. The van der Waals surface area contributed by atoms with Crippen molar-refractivity contribution in [3.05, 3.63) is 82.3 Å². The molecule has 1 amide bonds. The summed E-state index contributed by atoms with van der Waals surface area (Å²) < 4.78 is 11.4. The number of aliphatic carboxylic acids is 1. The summed E-state index contributed by atoms with van der Waals surface area (Å²) >= 11 is 3.55. The highest BCUT2D eigenvalue weighted by molar-refractivity contribution is 9.10. The predicted octanol–water partition coefficient (Wildman–Crippen LogP) is 4.69. The Morgan fingerprint density at radius 2 is 1.81 bits per heavy atom. The number of nitrogens with one attached hydrogen (secondary N) is 1. The van der Waals surface area contributed by atoms with Gasteiger partial charge in [0.05, 0.1) is 12.7 Å². The maximum absolute atomic E-state index is 13.5. The fourth-order valence-electron chi connectivity index (χ4n) is 3.50. The fraction of sp³-hybridized carbons (Fsp3) is 0.130. The molecule has 1 heterocycles. The topological polar surface area (TPSA) is 88.1 Å². The van der Waals surface area contributed by atoms with Crippen molar-refractivity contribution < 1.29 is 24.2 Å². The minimum absolute atomic E-state index is 0.136. The molecule has 0 saturated carbocycles. The van der Waals surface area contributed by atoms with E-state index in [0.29, 0.717) is 15.8 Å². The Morgan fingerprint density at radius 1 is 1.10 bits per heavy atom. The third kappa shape index (κ3) is 4.06. The van der Waals surface area contributed by atoms with Gasteiger partial charge in [0, 0.05) is 21.4 Å². The second-order valence-electron chi connectivity index (χ2n) is 6.81. The molecule has 0 spiro atoms. The van der Waals surface area contributed by atoms with Gasteiger partial charge in [-0.25, -0.2) is 4.79 Å². The van der Waals surface area contributed by atoms with E-state index in [0.717, 1.165) is 16.9 Å². The summed E-state index contributed by atoms with van der Waals surface area (Å²) in [5, 5.41) is 12.4. The van der Waals surface area contributed by atoms with Crippen molar-refractivity contribution in [2.75, 3.05) is 23.9 Å². The van der Waals surface area contributed by atoms with Crippen LogP contribution in [0.2, 0.25) is 0 Å². The summed E-state index contributed by atoms with van der Waals surface area (Å²) in [7, 11) is 1.48. The second-order valence-corrected chi connectivity index (χ2v) is 7.66. The van der Waals surface area contributed by atoms with Gasteiger partial charge in [-0.05, 0) is 36.4 Å². The normalized spacial score (nSPS) is 15.1. The number of nitrogens with zero attached hydrogens (tertiary/aromatic N) is 1. The van der Waals surface area contributed by atoms with E-state index in [1.54, 1.807) is 23.1 Å². The van der Waals surface area contributed by atoms with Crippen LogP contribution in [0.25, 0.3) is 0 Å². The summed E-state index contributed by atoms with van der Waals surface area (Å²) in [6.07, 6.45) is -0.540. The van der Waals surface area contributed by atoms with Crippen LogP contribution >= 0.6 is 15.9 Å². The van der Waals surface area contributed by atoms with Crippen LogP contribution in [0.5, 0.6) is 11.5 Å². The van der Waals surface area contributed by atoms with Gasteiger partial charge >= 0.3 is 5.97 Å². The number of anilines is 2. The van der Waals surface area contributed by atoms with Crippen LogP contribution in [0, 0.1) is 0 Å². The molecular weight excluding hydrogens is 464 g/mol. The molecule has 7 nitrogen and oxygen atoms in total. The lowest BCUT2D eigenvalue weighted by atomic mass is 10.0. The van der Waals surface area contributed by atoms with E-state index in [2.05, 4.69) is 21.2 Å². The van der Waals surface area contributed by atoms with Gasteiger partial charge < -0.3 is 19.9 Å². The summed E-state index contributed by atoms with van der Waals surface area (Å²) in [5.74, 6) is -0.578. The SMILES string of the molecule is COc1cc([C@H]2Nc3ccccc3C(=O)N2c2ccccc2)c(Br)cc1OCC(=O)O. The van der Waals surface area contributed by atoms with Gasteiger partial charge in [-0.3, -0.25) is 9.69 Å². The first-order chi connectivity index (χ1) is 15.0. The third-order valence-corrected chi connectivity index (χ3v) is 5.58. The van der Waals surface area contributed by atoms with Crippen molar-refractivity contribution in [3.63, 3.8) is 0 Å². The number of carbonyl (C=O) groups is 2. The molecule has 3 aromatic rings. The summed E-state index contributed by atoms with van der Waals surface area (Å²) in [6, 6.07) is 20.1. The lowest BCUT2D eigenvalue weighted by molar-refractivity contribution is -0.139. The Labute approximate surface area is 187 Å². The van der Waals surface area contributed by atoms with Crippen LogP contribution in [0.4, 0.5) is 11.4 Å². The summed E-state index contributed by atoms with van der Waals surface area (Å²) in [5.41, 5.74) is 2.76. The Kier molecular flexibility index (Phi) is 5.81. The van der Waals surface area contributed by atoms with Gasteiger partial charge in [0.15, 0.2) is 18.1 Å². The highest BCUT2D eigenvalue weighted by Crippen LogP contribution is 2.42. The molecule has 0 radical (unpaired) electrons. The number of ether oxygens (including phenoxy) is 2. The van der Waals surface area contributed by atoms with Gasteiger partial charge in [-0.15, -0.1) is 0 Å². The van der Waals surface area contributed by atoms with E-state index in [4.69, 9.17) is 14.6 Å². The lowest BCUT2D eigenvalue weighted by Crippen LogP contribution is -2.43. The molecule has 1 aliphatic rings. The molecule has 0 aliphatic carbocycles. The van der Waals surface area contributed by atoms with Gasteiger partial charge in [0.1, 0.15) is 6.17 Å². The van der Waals surface area contributed by atoms with Gasteiger partial charge in [0.2, 0.25) is 0 Å². The Morgan fingerprint density at radius 3 is 2.52 bits per heavy atom. The van der Waals surface area contributed by atoms with E-state index >= 15 is 0 Å². The largest absolute Gasteiger partial charge is 0.493 e. The molecule has 0 fully saturated rings. The quantitative estimate of drug-likeness (QED) is 0.529. The van der Waals surface area contributed by atoms with Crippen LogP contribution < -0.4 is 19.7 Å². The summed E-state index contributed by atoms with van der Waals surface area (Å²) in [4.78, 5) is 26.0. The van der Waals surface area contributed by atoms with Gasteiger partial charge in [-0.2, -0.15) is 0 Å². The highest BCUT2D eigenvalue weighted by Gasteiger charge is 2.35. The Balaban J connectivity index is 1.82. The van der Waals surface area contributed by atoms with Crippen LogP contribution in [-0.2, 0) is 4.79 Å². The number of para-hydroxylation sites is 2. The van der Waals surface area contributed by atoms with Crippen molar-refractivity contribution in [1.29, 1.82) is 0 Å². The molecule has 1 aliphatic heterocycles. The van der Waals surface area contributed by atoms with E-state index < -0.39 is 18.7 Å². The fourth-order valence-corrected chi connectivity index (χ4v) is 4.04. The van der Waals surface area contributed by atoms with Crippen molar-refractivity contribution in [2.24, 2.45) is 0 Å². The number of carboxylic acid groups (broad SMARTS) is 1. The second kappa shape index (κ2) is 8.69. The average molecular weight is 483 g/mol. The first-order valence-corrected chi connectivity index (χ1v) is 10.2. The first kappa shape index (κ1) is 20.7. The molecule has 0 aromatic heterocycles.